The van der Waals surface area contributed by atoms with Crippen LogP contribution in [0.5, 0.6) is 0 Å². The summed E-state index contributed by atoms with van der Waals surface area (Å²) in [6, 6.07) is 22.2. The zero-order valence-corrected chi connectivity index (χ0v) is 14.1. The van der Waals surface area contributed by atoms with E-state index < -0.39 is 0 Å². The van der Waals surface area contributed by atoms with Gasteiger partial charge in [0.25, 0.3) is 5.91 Å². The molecular formula is C21H21N3O. The van der Waals surface area contributed by atoms with Gasteiger partial charge in [-0.25, -0.2) is 0 Å². The van der Waals surface area contributed by atoms with Crippen LogP contribution in [-0.2, 0) is 0 Å². The Labute approximate surface area is 147 Å². The van der Waals surface area contributed by atoms with Gasteiger partial charge in [-0.1, -0.05) is 18.2 Å². The fraction of sp³-hybridized carbons (Fsp3) is 0.190. The molecule has 0 atom stereocenters. The Morgan fingerprint density at radius 2 is 1.28 bits per heavy atom. The number of aromatic nitrogens is 1. The molecule has 126 valence electrons. The maximum absolute atomic E-state index is 12.5. The Kier molecular flexibility index (Phi) is 4.25. The minimum Gasteiger partial charge on any atom is -0.368 e. The number of anilines is 1. The molecule has 0 bridgehead atoms. The number of hydrogen-bond acceptors (Lipinski definition) is 2. The van der Waals surface area contributed by atoms with Crippen molar-refractivity contribution < 1.29 is 4.79 Å². The standard InChI is InChI=1S/C21H21N3O/c25-21(18-6-2-1-3-7-18)24-16-14-23(15-17-24)20-10-8-19(9-11-20)22-12-4-5-13-22/h1-13H,14-17H2. The number of nitrogens with zero attached hydrogens (tertiary/aromatic N) is 3. The summed E-state index contributed by atoms with van der Waals surface area (Å²) in [5.41, 5.74) is 3.14. The summed E-state index contributed by atoms with van der Waals surface area (Å²) >= 11 is 0. The Bertz CT molecular complexity index is 817. The smallest absolute Gasteiger partial charge is 0.253 e. The second kappa shape index (κ2) is 6.85. The lowest BCUT2D eigenvalue weighted by Gasteiger charge is -2.36. The predicted octanol–water partition coefficient (Wildman–Crippen LogP) is 3.44. The number of rotatable bonds is 3. The fourth-order valence-corrected chi connectivity index (χ4v) is 3.27. The molecule has 1 saturated heterocycles. The molecule has 3 aromatic rings. The number of hydrogen-bond donors (Lipinski definition) is 0. The van der Waals surface area contributed by atoms with Crippen LogP contribution in [0.2, 0.25) is 0 Å². The average Bonchev–Trinajstić information content (AvgIpc) is 3.23. The molecule has 0 N–H and O–H groups in total. The van der Waals surface area contributed by atoms with Crippen molar-refractivity contribution in [2.24, 2.45) is 0 Å². The van der Waals surface area contributed by atoms with E-state index in [1.165, 1.54) is 5.69 Å². The van der Waals surface area contributed by atoms with Gasteiger partial charge in [0.15, 0.2) is 0 Å². The maximum Gasteiger partial charge on any atom is 0.253 e. The highest BCUT2D eigenvalue weighted by Crippen LogP contribution is 2.20. The monoisotopic (exact) mass is 331 g/mol. The maximum atomic E-state index is 12.5. The van der Waals surface area contributed by atoms with Crippen molar-refractivity contribution in [3.63, 3.8) is 0 Å². The normalized spacial score (nSPS) is 14.6. The molecule has 2 heterocycles. The van der Waals surface area contributed by atoms with Gasteiger partial charge in [0.2, 0.25) is 0 Å². The lowest BCUT2D eigenvalue weighted by Crippen LogP contribution is -2.48. The Balaban J connectivity index is 1.39. The third-order valence-corrected chi connectivity index (χ3v) is 4.71. The van der Waals surface area contributed by atoms with E-state index >= 15 is 0 Å². The highest BCUT2D eigenvalue weighted by atomic mass is 16.2. The van der Waals surface area contributed by atoms with Crippen molar-refractivity contribution in [2.45, 2.75) is 0 Å². The number of carbonyl (C=O) groups is 1. The molecule has 2 aromatic carbocycles. The Morgan fingerprint density at radius 1 is 0.680 bits per heavy atom. The molecule has 4 heteroatoms. The molecule has 1 fully saturated rings. The first-order valence-corrected chi connectivity index (χ1v) is 8.64. The van der Waals surface area contributed by atoms with Crippen LogP contribution in [0.1, 0.15) is 10.4 Å². The largest absolute Gasteiger partial charge is 0.368 e. The first kappa shape index (κ1) is 15.5. The number of amides is 1. The average molecular weight is 331 g/mol. The number of piperazine rings is 1. The Hall–Kier alpha value is -3.01. The van der Waals surface area contributed by atoms with Gasteiger partial charge in [-0.3, -0.25) is 4.79 Å². The van der Waals surface area contributed by atoms with E-state index in [-0.39, 0.29) is 5.91 Å². The first-order chi connectivity index (χ1) is 12.3. The van der Waals surface area contributed by atoms with E-state index in [0.29, 0.717) is 0 Å². The lowest BCUT2D eigenvalue weighted by atomic mass is 10.1. The second-order valence-electron chi connectivity index (χ2n) is 6.25. The number of benzene rings is 2. The Morgan fingerprint density at radius 3 is 1.92 bits per heavy atom. The first-order valence-electron chi connectivity index (χ1n) is 8.64. The summed E-state index contributed by atoms with van der Waals surface area (Å²) in [4.78, 5) is 16.8. The van der Waals surface area contributed by atoms with Gasteiger partial charge in [0.05, 0.1) is 0 Å². The van der Waals surface area contributed by atoms with Gasteiger partial charge in [-0.05, 0) is 48.5 Å². The van der Waals surface area contributed by atoms with Crippen LogP contribution in [0.15, 0.2) is 79.1 Å². The van der Waals surface area contributed by atoms with Crippen molar-refractivity contribution in [1.82, 2.24) is 9.47 Å². The van der Waals surface area contributed by atoms with E-state index in [4.69, 9.17) is 0 Å². The molecule has 1 aromatic heterocycles. The molecule has 4 nitrogen and oxygen atoms in total. The molecular weight excluding hydrogens is 310 g/mol. The van der Waals surface area contributed by atoms with Gasteiger partial charge >= 0.3 is 0 Å². The molecule has 0 aliphatic carbocycles. The van der Waals surface area contributed by atoms with Crippen LogP contribution in [0.3, 0.4) is 0 Å². The third-order valence-electron chi connectivity index (χ3n) is 4.71. The van der Waals surface area contributed by atoms with E-state index in [1.807, 2.05) is 59.8 Å². The summed E-state index contributed by atoms with van der Waals surface area (Å²) in [5, 5.41) is 0. The van der Waals surface area contributed by atoms with E-state index in [0.717, 1.165) is 37.4 Å². The zero-order valence-electron chi connectivity index (χ0n) is 14.1. The van der Waals surface area contributed by atoms with Crippen LogP contribution >= 0.6 is 0 Å². The molecule has 0 spiro atoms. The quantitative estimate of drug-likeness (QED) is 0.735. The summed E-state index contributed by atoms with van der Waals surface area (Å²) in [6.45, 7) is 3.24. The molecule has 0 radical (unpaired) electrons. The number of carbonyl (C=O) groups excluding carboxylic acids is 1. The lowest BCUT2D eigenvalue weighted by molar-refractivity contribution is 0.0747. The fourth-order valence-electron chi connectivity index (χ4n) is 3.27. The van der Waals surface area contributed by atoms with E-state index in [9.17, 15) is 4.79 Å². The highest BCUT2D eigenvalue weighted by Gasteiger charge is 2.22. The topological polar surface area (TPSA) is 28.5 Å². The minimum absolute atomic E-state index is 0.128. The van der Waals surface area contributed by atoms with E-state index in [1.54, 1.807) is 0 Å². The summed E-state index contributed by atoms with van der Waals surface area (Å²) in [6.07, 6.45) is 4.09. The van der Waals surface area contributed by atoms with Crippen molar-refractivity contribution >= 4 is 11.6 Å². The molecule has 1 aliphatic heterocycles. The molecule has 1 amide bonds. The van der Waals surface area contributed by atoms with Crippen molar-refractivity contribution in [3.05, 3.63) is 84.7 Å². The molecule has 0 unspecified atom stereocenters. The molecule has 1 aliphatic rings. The summed E-state index contributed by atoms with van der Waals surface area (Å²) in [5.74, 6) is 0.128. The van der Waals surface area contributed by atoms with Gasteiger partial charge in [0, 0.05) is 55.5 Å². The van der Waals surface area contributed by atoms with Gasteiger partial charge in [-0.2, -0.15) is 0 Å². The van der Waals surface area contributed by atoms with Gasteiger partial charge < -0.3 is 14.4 Å². The van der Waals surface area contributed by atoms with Crippen LogP contribution in [0.4, 0.5) is 5.69 Å². The second-order valence-corrected chi connectivity index (χ2v) is 6.25. The van der Waals surface area contributed by atoms with Gasteiger partial charge in [-0.15, -0.1) is 0 Å². The zero-order chi connectivity index (χ0) is 17.1. The van der Waals surface area contributed by atoms with Gasteiger partial charge in [0.1, 0.15) is 0 Å². The van der Waals surface area contributed by atoms with Crippen LogP contribution < -0.4 is 4.90 Å². The molecule has 0 saturated carbocycles. The van der Waals surface area contributed by atoms with Crippen LogP contribution in [0.25, 0.3) is 5.69 Å². The van der Waals surface area contributed by atoms with Crippen molar-refractivity contribution in [3.8, 4) is 5.69 Å². The summed E-state index contributed by atoms with van der Waals surface area (Å²) < 4.78 is 2.10. The molecule has 4 rings (SSSR count). The summed E-state index contributed by atoms with van der Waals surface area (Å²) in [7, 11) is 0. The SMILES string of the molecule is O=C(c1ccccc1)N1CCN(c2ccc(-n3cccc3)cc2)CC1. The van der Waals surface area contributed by atoms with Crippen molar-refractivity contribution in [2.75, 3.05) is 31.1 Å². The van der Waals surface area contributed by atoms with Crippen molar-refractivity contribution in [1.29, 1.82) is 0 Å². The highest BCUT2D eigenvalue weighted by molar-refractivity contribution is 5.94. The predicted molar refractivity (Wildman–Crippen MR) is 100 cm³/mol. The third kappa shape index (κ3) is 3.29. The van der Waals surface area contributed by atoms with E-state index in [2.05, 4.69) is 33.7 Å². The van der Waals surface area contributed by atoms with Crippen LogP contribution in [0, 0.1) is 0 Å². The van der Waals surface area contributed by atoms with Crippen LogP contribution in [-0.4, -0.2) is 41.6 Å². The molecule has 25 heavy (non-hydrogen) atoms. The minimum atomic E-state index is 0.128.